The van der Waals surface area contributed by atoms with Crippen LogP contribution in [0.25, 0.3) is 22.3 Å². The minimum Gasteiger partial charge on any atom is -0.481 e. The number of carboxylic acid groups (broad SMARTS) is 4. The van der Waals surface area contributed by atoms with Crippen LogP contribution < -0.4 is 40.1 Å². The number of hydrogen-bond acceptors (Lipinski definition) is 18. The van der Waals surface area contributed by atoms with Gasteiger partial charge in [0.1, 0.15) is 28.8 Å². The first-order valence-corrected chi connectivity index (χ1v) is 49.5. The second kappa shape index (κ2) is 38.4. The minimum atomic E-state index is -1.40. The number of likely N-dealkylation sites (tertiary alicyclic amines) is 1. The summed E-state index contributed by atoms with van der Waals surface area (Å²) in [6.07, 6.45) is -1.04. The maximum Gasteiger partial charge on any atom is 0.307 e. The molecular formula is C119H101N7O22. The van der Waals surface area contributed by atoms with Gasteiger partial charge in [-0.2, -0.15) is 0 Å². The Labute approximate surface area is 849 Å². The maximum atomic E-state index is 14.4. The topological polar surface area (TPSA) is 422 Å². The fraction of sp³-hybridized carbons (Fsp3) is 0.261. The number of imide groups is 4. The van der Waals surface area contributed by atoms with Crippen LogP contribution in [0.15, 0.2) is 291 Å². The highest BCUT2D eigenvalue weighted by Gasteiger charge is 2.63. The first kappa shape index (κ1) is 96.9. The standard InChI is InChI=1S/C60H55N3O13.C59H46N4O9/c1-32-11-23-38(24-12-32)76-39-25-21-37(22-26-39)63-55(67)45-29-44(48(58(72)73)31-49(45)59(74)75)54(66)62-36-19-17-35(18-20-36)60(50-9-5-3-7-40(50)41-8-4-6-10-51(41)60)34-15-13-33(14-16-34)27-52(64)42-28-43(53(65)61-2)47(57(70)71)30-46(42)56(68)69;1-31-11-23-37(24-12-31)72-38-25-21-36(22-26-38)63-57(70)47-29-45-46(30-48(47)58(63)71)56(69)62(55(45)68)35-19-15-33(16-20-35)59(49-9-5-3-7-39(49)40-8-4-6-10-50(40)59)32-13-17-34(18-14-32)61-53(66)43-27-41-42(28-44(43)54(61)67)52(65)60(2)51(41)64/h3-26,42-49H,27-31H2,1-2H3,(H,61,65)(H,62,66)(H,63,67)(H,68,69)(H,70,71)(H,72,73)(H,74,75);3-26,41-48H,27-30H2,1-2H3. The Hall–Kier alpha value is -17.2. The van der Waals surface area contributed by atoms with Crippen molar-refractivity contribution >= 4 is 123 Å². The summed E-state index contributed by atoms with van der Waals surface area (Å²) in [6, 6.07) is 89.9. The molecule has 6 aliphatic carbocycles. The summed E-state index contributed by atoms with van der Waals surface area (Å²) in [4.78, 5) is 220. The quantitative estimate of drug-likeness (QED) is 0.0292. The zero-order valence-corrected chi connectivity index (χ0v) is 80.7. The lowest BCUT2D eigenvalue weighted by Crippen LogP contribution is -2.47. The van der Waals surface area contributed by atoms with Crippen molar-refractivity contribution in [3.63, 3.8) is 0 Å². The molecule has 11 amide bonds. The molecule has 8 fully saturated rings. The van der Waals surface area contributed by atoms with Crippen molar-refractivity contribution in [1.29, 1.82) is 0 Å². The Morgan fingerprint density at radius 1 is 0.291 bits per heavy atom. The van der Waals surface area contributed by atoms with Gasteiger partial charge in [0, 0.05) is 37.8 Å². The molecule has 0 bridgehead atoms. The lowest BCUT2D eigenvalue weighted by molar-refractivity contribution is -0.159. The molecule has 10 aliphatic rings. The van der Waals surface area contributed by atoms with Crippen molar-refractivity contribution in [2.45, 2.75) is 82.5 Å². The highest BCUT2D eigenvalue weighted by Crippen LogP contribution is 2.60. The number of rotatable bonds is 23. The van der Waals surface area contributed by atoms with Gasteiger partial charge in [0.2, 0.25) is 65.0 Å². The van der Waals surface area contributed by atoms with Crippen LogP contribution in [0.3, 0.4) is 0 Å². The van der Waals surface area contributed by atoms with E-state index in [1.807, 2.05) is 184 Å². The van der Waals surface area contributed by atoms with Crippen LogP contribution in [0.2, 0.25) is 0 Å². The number of carboxylic acids is 4. The molecule has 0 radical (unpaired) electrons. The Bertz CT molecular complexity index is 7340. The highest BCUT2D eigenvalue weighted by atomic mass is 16.5. The average Bonchev–Trinajstić information content (AvgIpc) is 1.53. The lowest BCUT2D eigenvalue weighted by atomic mass is 9.65. The molecule has 4 saturated carbocycles. The van der Waals surface area contributed by atoms with Crippen molar-refractivity contribution in [3.05, 3.63) is 352 Å². The van der Waals surface area contributed by atoms with E-state index in [2.05, 4.69) is 40.2 Å². The molecule has 16 atom stereocenters. The first-order chi connectivity index (χ1) is 71.3. The van der Waals surface area contributed by atoms with Crippen LogP contribution in [0.5, 0.6) is 23.0 Å². The molecular weight excluding hydrogens is 1880 g/mol. The number of fused-ring (bicyclic) bond motifs is 10. The van der Waals surface area contributed by atoms with Gasteiger partial charge in [-0.3, -0.25) is 96.3 Å². The fourth-order valence-electron chi connectivity index (χ4n) is 25.2. The summed E-state index contributed by atoms with van der Waals surface area (Å²) >= 11 is 0. The summed E-state index contributed by atoms with van der Waals surface area (Å²) in [6.45, 7) is 3.95. The third-order valence-electron chi connectivity index (χ3n) is 32.5. The van der Waals surface area contributed by atoms with E-state index >= 15 is 0 Å². The number of carbonyl (C=O) groups is 16. The van der Waals surface area contributed by atoms with E-state index in [1.165, 1.54) is 28.8 Å². The molecule has 4 aliphatic heterocycles. The number of nitrogens with one attached hydrogen (secondary N) is 3. The van der Waals surface area contributed by atoms with Gasteiger partial charge in [-0.05, 0) is 247 Å². The van der Waals surface area contributed by atoms with Crippen molar-refractivity contribution in [1.82, 2.24) is 10.2 Å². The summed E-state index contributed by atoms with van der Waals surface area (Å²) in [5, 5.41) is 48.6. The van der Waals surface area contributed by atoms with E-state index in [-0.39, 0.29) is 86.8 Å². The zero-order valence-electron chi connectivity index (χ0n) is 80.7. The lowest BCUT2D eigenvalue weighted by Gasteiger charge is -2.36. The van der Waals surface area contributed by atoms with Gasteiger partial charge in [-0.25, -0.2) is 0 Å². The van der Waals surface area contributed by atoms with Crippen LogP contribution in [0, 0.1) is 109 Å². The van der Waals surface area contributed by atoms with E-state index < -0.39 is 171 Å². The van der Waals surface area contributed by atoms with E-state index in [4.69, 9.17) is 9.47 Å². The van der Waals surface area contributed by atoms with Gasteiger partial charge in [0.25, 0.3) is 0 Å². The van der Waals surface area contributed by atoms with E-state index in [1.54, 1.807) is 97.1 Å². The molecule has 0 spiro atoms. The van der Waals surface area contributed by atoms with E-state index in [0.29, 0.717) is 57.0 Å². The fourth-order valence-corrected chi connectivity index (χ4v) is 25.2. The maximum absolute atomic E-state index is 14.4. The number of aryl methyl sites for hydroxylation is 2. The van der Waals surface area contributed by atoms with E-state index in [0.717, 1.165) is 82.8 Å². The molecule has 4 heterocycles. The number of aliphatic carboxylic acids is 4. The number of anilines is 5. The molecule has 12 aromatic carbocycles. The minimum absolute atomic E-state index is 0.0881. The third-order valence-corrected chi connectivity index (χ3v) is 32.5. The van der Waals surface area contributed by atoms with Gasteiger partial charge < -0.3 is 45.9 Å². The van der Waals surface area contributed by atoms with Crippen molar-refractivity contribution in [2.75, 3.05) is 39.4 Å². The largest absolute Gasteiger partial charge is 0.481 e. The summed E-state index contributed by atoms with van der Waals surface area (Å²) in [5.41, 5.74) is 14.0. The van der Waals surface area contributed by atoms with Gasteiger partial charge in [0.05, 0.1) is 117 Å². The van der Waals surface area contributed by atoms with Gasteiger partial charge in [-0.1, -0.05) is 193 Å². The Morgan fingerprint density at radius 2 is 0.534 bits per heavy atom. The van der Waals surface area contributed by atoms with Crippen LogP contribution in [-0.4, -0.2) is 134 Å². The predicted octanol–water partition coefficient (Wildman–Crippen LogP) is 16.4. The number of carbonyl (C=O) groups excluding carboxylic acids is 12. The number of benzene rings is 12. The number of hydrogen-bond donors (Lipinski definition) is 7. The summed E-state index contributed by atoms with van der Waals surface area (Å²) in [7, 11) is 2.82. The van der Waals surface area contributed by atoms with Crippen molar-refractivity contribution in [2.24, 2.45) is 94.7 Å². The van der Waals surface area contributed by atoms with Crippen LogP contribution in [0.4, 0.5) is 28.4 Å². The number of amides is 11. The number of nitrogens with zero attached hydrogens (tertiary/aromatic N) is 4. The molecule has 7 N–H and O–H groups in total. The van der Waals surface area contributed by atoms with Crippen LogP contribution in [-0.2, 0) is 94.0 Å². The van der Waals surface area contributed by atoms with Gasteiger partial charge >= 0.3 is 23.9 Å². The predicted molar refractivity (Wildman–Crippen MR) is 541 cm³/mol. The Kier molecular flexibility index (Phi) is 25.1. The summed E-state index contributed by atoms with van der Waals surface area (Å²) in [5.74, 6) is -23.8. The number of ketones is 1. The molecule has 148 heavy (non-hydrogen) atoms. The first-order valence-electron chi connectivity index (χ1n) is 49.5. The molecule has 0 aromatic heterocycles. The highest BCUT2D eigenvalue weighted by molar-refractivity contribution is 6.26. The SMILES string of the molecule is CNC(=O)C1CC(C(=O)Cc2ccc(C3(c4ccc(NC(=O)C5CC(C(=O)Nc6ccc(Oc7ccc(C)cc7)cc6)C(C(=O)O)CC5C(=O)O)cc4)c4ccccc4-c4ccccc43)cc2)C(C(=O)O)CC1C(=O)O.Cc1ccc(Oc2ccc(N3C(=O)C4CC5C(=O)N(c6ccc(C7(c8ccc(N9C(=O)C%10CC%11C(=O)N(C)C(=O)C%11CC%10C9=O)cc8)c8ccccc8-c8ccccc87)cc6)C(=O)C5CC4C3=O)cc2)cc1. The summed E-state index contributed by atoms with van der Waals surface area (Å²) < 4.78 is 11.8. The second-order valence-electron chi connectivity index (χ2n) is 40.3. The zero-order chi connectivity index (χ0) is 103. The number of Topliss-reactive ketones (excluding diaryl/α,β-unsaturated/α-hetero) is 1. The molecule has 29 nitrogen and oxygen atoms in total. The molecule has 22 rings (SSSR count). The third kappa shape index (κ3) is 16.5. The molecule has 4 saturated heterocycles. The molecule has 744 valence electrons. The van der Waals surface area contributed by atoms with Gasteiger partial charge in [0.15, 0.2) is 0 Å². The van der Waals surface area contributed by atoms with Crippen molar-refractivity contribution in [3.8, 4) is 45.3 Å². The normalized spacial score (nSPS) is 24.4. The van der Waals surface area contributed by atoms with Crippen LogP contribution in [0.1, 0.15) is 113 Å². The Morgan fingerprint density at radius 3 is 0.845 bits per heavy atom. The number of ether oxygens (including phenoxy) is 2. The smallest absolute Gasteiger partial charge is 0.307 e. The van der Waals surface area contributed by atoms with Crippen LogP contribution >= 0.6 is 0 Å². The Balaban J connectivity index is 0.000000173. The monoisotopic (exact) mass is 1980 g/mol. The second-order valence-corrected chi connectivity index (χ2v) is 40.3. The molecule has 16 unspecified atom stereocenters. The average molecular weight is 1980 g/mol. The van der Waals surface area contributed by atoms with Gasteiger partial charge in [-0.15, -0.1) is 0 Å². The van der Waals surface area contributed by atoms with E-state index in [9.17, 15) is 97.1 Å². The van der Waals surface area contributed by atoms with Crippen molar-refractivity contribution < 1.29 is 107 Å². The molecule has 12 aromatic rings. The molecule has 29 heteroatoms.